The lowest BCUT2D eigenvalue weighted by Gasteiger charge is -2.25. The van der Waals surface area contributed by atoms with E-state index in [4.69, 9.17) is 4.74 Å². The van der Waals surface area contributed by atoms with Gasteiger partial charge in [-0.2, -0.15) is 0 Å². The highest BCUT2D eigenvalue weighted by Crippen LogP contribution is 2.31. The molecule has 0 bridgehead atoms. The summed E-state index contributed by atoms with van der Waals surface area (Å²) in [6.45, 7) is 9.45. The second-order valence-corrected chi connectivity index (χ2v) is 6.66. The largest absolute Gasteiger partial charge is 0.383 e. The fourth-order valence-corrected chi connectivity index (χ4v) is 2.88. The van der Waals surface area contributed by atoms with Crippen LogP contribution in [0.1, 0.15) is 38.7 Å². The predicted molar refractivity (Wildman–Crippen MR) is 87.7 cm³/mol. The zero-order chi connectivity index (χ0) is 15.1. The molecule has 2 heterocycles. The summed E-state index contributed by atoms with van der Waals surface area (Å²) < 4.78 is 5.08. The van der Waals surface area contributed by atoms with E-state index in [9.17, 15) is 0 Å². The second-order valence-electron chi connectivity index (χ2n) is 6.66. The number of methoxy groups -OCH3 is 1. The molecule has 1 fully saturated rings. The van der Waals surface area contributed by atoms with Gasteiger partial charge in [-0.3, -0.25) is 0 Å². The molecule has 0 aromatic carbocycles. The van der Waals surface area contributed by atoms with Crippen molar-refractivity contribution < 1.29 is 4.74 Å². The summed E-state index contributed by atoms with van der Waals surface area (Å²) in [5.41, 5.74) is 1.74. The number of nitrogens with one attached hydrogen (secondary N) is 1. The van der Waals surface area contributed by atoms with Gasteiger partial charge in [0, 0.05) is 45.0 Å². The molecule has 0 atom stereocenters. The standard InChI is InChI=1S/C17H29N3O/c1-17(2)7-5-11-20(12-8-17)16-15(6-4-9-19-16)14-18-10-13-21-3/h4,6,9,18H,5,7-8,10-14H2,1-3H3. The molecule has 1 aliphatic heterocycles. The SMILES string of the molecule is COCCNCc1cccnc1N1CCCC(C)(C)CC1. The lowest BCUT2D eigenvalue weighted by Crippen LogP contribution is -2.28. The summed E-state index contributed by atoms with van der Waals surface area (Å²) in [7, 11) is 1.73. The summed E-state index contributed by atoms with van der Waals surface area (Å²) in [6, 6.07) is 4.21. The number of hydrogen-bond donors (Lipinski definition) is 1. The molecule has 1 aromatic heterocycles. The zero-order valence-electron chi connectivity index (χ0n) is 13.7. The van der Waals surface area contributed by atoms with Crippen LogP contribution in [0.25, 0.3) is 0 Å². The molecule has 0 aliphatic carbocycles. The van der Waals surface area contributed by atoms with E-state index in [0.717, 1.165) is 38.6 Å². The van der Waals surface area contributed by atoms with Crippen LogP contribution in [0.2, 0.25) is 0 Å². The second kappa shape index (κ2) is 7.76. The van der Waals surface area contributed by atoms with Crippen LogP contribution >= 0.6 is 0 Å². The molecule has 4 heteroatoms. The molecular formula is C17H29N3O. The van der Waals surface area contributed by atoms with Crippen LogP contribution in [0.3, 0.4) is 0 Å². The predicted octanol–water partition coefficient (Wildman–Crippen LogP) is 2.83. The number of rotatable bonds is 6. The Morgan fingerprint density at radius 1 is 1.33 bits per heavy atom. The van der Waals surface area contributed by atoms with Crippen molar-refractivity contribution in [3.8, 4) is 0 Å². The summed E-state index contributed by atoms with van der Waals surface area (Å²) >= 11 is 0. The molecule has 1 aliphatic rings. The fourth-order valence-electron chi connectivity index (χ4n) is 2.88. The maximum absolute atomic E-state index is 5.08. The van der Waals surface area contributed by atoms with Gasteiger partial charge in [-0.05, 0) is 30.7 Å². The van der Waals surface area contributed by atoms with Gasteiger partial charge in [0.2, 0.25) is 0 Å². The van der Waals surface area contributed by atoms with E-state index in [0.29, 0.717) is 5.41 Å². The molecule has 2 rings (SSSR count). The quantitative estimate of drug-likeness (QED) is 0.818. The Labute approximate surface area is 128 Å². The van der Waals surface area contributed by atoms with Crippen LogP contribution in [0.15, 0.2) is 18.3 Å². The summed E-state index contributed by atoms with van der Waals surface area (Å²) in [4.78, 5) is 7.11. The van der Waals surface area contributed by atoms with Crippen LogP contribution in [0, 0.1) is 5.41 Å². The van der Waals surface area contributed by atoms with Gasteiger partial charge in [0.05, 0.1) is 6.61 Å². The number of nitrogens with zero attached hydrogens (tertiary/aromatic N) is 2. The Morgan fingerprint density at radius 2 is 2.19 bits per heavy atom. The molecule has 0 unspecified atom stereocenters. The summed E-state index contributed by atoms with van der Waals surface area (Å²) in [5, 5.41) is 3.42. The molecule has 21 heavy (non-hydrogen) atoms. The third kappa shape index (κ3) is 4.97. The Hall–Kier alpha value is -1.13. The van der Waals surface area contributed by atoms with Gasteiger partial charge in [-0.25, -0.2) is 4.98 Å². The third-order valence-corrected chi connectivity index (χ3v) is 4.31. The maximum Gasteiger partial charge on any atom is 0.133 e. The van der Waals surface area contributed by atoms with Crippen molar-refractivity contribution in [3.63, 3.8) is 0 Å². The van der Waals surface area contributed by atoms with Gasteiger partial charge in [-0.15, -0.1) is 0 Å². The third-order valence-electron chi connectivity index (χ3n) is 4.31. The van der Waals surface area contributed by atoms with Gasteiger partial charge in [-0.1, -0.05) is 19.9 Å². The number of aromatic nitrogens is 1. The summed E-state index contributed by atoms with van der Waals surface area (Å²) in [5.74, 6) is 1.15. The molecule has 0 amide bonds. The molecule has 0 radical (unpaired) electrons. The maximum atomic E-state index is 5.08. The molecule has 1 aromatic rings. The van der Waals surface area contributed by atoms with E-state index in [2.05, 4.69) is 35.1 Å². The minimum atomic E-state index is 0.459. The normalized spacial score (nSPS) is 18.5. The minimum absolute atomic E-state index is 0.459. The lowest BCUT2D eigenvalue weighted by molar-refractivity contribution is 0.199. The van der Waals surface area contributed by atoms with Crippen LogP contribution < -0.4 is 10.2 Å². The van der Waals surface area contributed by atoms with Crippen LogP contribution in [-0.4, -0.2) is 38.3 Å². The van der Waals surface area contributed by atoms with Gasteiger partial charge >= 0.3 is 0 Å². The van der Waals surface area contributed by atoms with E-state index in [1.165, 1.54) is 24.8 Å². The first-order chi connectivity index (χ1) is 10.1. The van der Waals surface area contributed by atoms with E-state index in [-0.39, 0.29) is 0 Å². The van der Waals surface area contributed by atoms with Crippen LogP contribution in [-0.2, 0) is 11.3 Å². The highest BCUT2D eigenvalue weighted by atomic mass is 16.5. The monoisotopic (exact) mass is 291 g/mol. The van der Waals surface area contributed by atoms with Crippen molar-refractivity contribution in [3.05, 3.63) is 23.9 Å². The van der Waals surface area contributed by atoms with Crippen molar-refractivity contribution in [2.24, 2.45) is 5.41 Å². The number of hydrogen-bond acceptors (Lipinski definition) is 4. The highest BCUT2D eigenvalue weighted by molar-refractivity contribution is 5.46. The van der Waals surface area contributed by atoms with E-state index >= 15 is 0 Å². The highest BCUT2D eigenvalue weighted by Gasteiger charge is 2.24. The van der Waals surface area contributed by atoms with Gasteiger partial charge in [0.15, 0.2) is 0 Å². The van der Waals surface area contributed by atoms with Gasteiger partial charge < -0.3 is 15.0 Å². The molecule has 1 saturated heterocycles. The fraction of sp³-hybridized carbons (Fsp3) is 0.706. The number of anilines is 1. The van der Waals surface area contributed by atoms with E-state index in [1.807, 2.05) is 12.3 Å². The lowest BCUT2D eigenvalue weighted by atomic mass is 9.85. The number of ether oxygens (including phenoxy) is 1. The van der Waals surface area contributed by atoms with E-state index < -0.39 is 0 Å². The van der Waals surface area contributed by atoms with Crippen molar-refractivity contribution >= 4 is 5.82 Å². The van der Waals surface area contributed by atoms with Gasteiger partial charge in [0.1, 0.15) is 5.82 Å². The minimum Gasteiger partial charge on any atom is -0.383 e. The van der Waals surface area contributed by atoms with Crippen molar-refractivity contribution in [1.29, 1.82) is 0 Å². The Kier molecular flexibility index (Phi) is 6.00. The number of pyridine rings is 1. The Bertz CT molecular complexity index is 434. The molecule has 0 saturated carbocycles. The van der Waals surface area contributed by atoms with Crippen LogP contribution in [0.5, 0.6) is 0 Å². The zero-order valence-corrected chi connectivity index (χ0v) is 13.7. The van der Waals surface area contributed by atoms with Crippen molar-refractivity contribution in [2.75, 3.05) is 38.3 Å². The molecule has 1 N–H and O–H groups in total. The molecular weight excluding hydrogens is 262 g/mol. The first-order valence-corrected chi connectivity index (χ1v) is 8.01. The Morgan fingerprint density at radius 3 is 3.00 bits per heavy atom. The Balaban J connectivity index is 2.01. The first kappa shape index (κ1) is 16.2. The molecule has 0 spiro atoms. The molecule has 4 nitrogen and oxygen atoms in total. The first-order valence-electron chi connectivity index (χ1n) is 8.01. The van der Waals surface area contributed by atoms with Gasteiger partial charge in [0.25, 0.3) is 0 Å². The average Bonchev–Trinajstić information content (AvgIpc) is 2.65. The summed E-state index contributed by atoms with van der Waals surface area (Å²) in [6.07, 6.45) is 5.70. The topological polar surface area (TPSA) is 37.4 Å². The van der Waals surface area contributed by atoms with Crippen LogP contribution in [0.4, 0.5) is 5.82 Å². The average molecular weight is 291 g/mol. The molecule has 118 valence electrons. The smallest absolute Gasteiger partial charge is 0.133 e. The van der Waals surface area contributed by atoms with E-state index in [1.54, 1.807) is 7.11 Å². The van der Waals surface area contributed by atoms with Crippen molar-refractivity contribution in [1.82, 2.24) is 10.3 Å². The van der Waals surface area contributed by atoms with Crippen molar-refractivity contribution in [2.45, 2.75) is 39.7 Å².